The van der Waals surface area contributed by atoms with Crippen LogP contribution in [0, 0.1) is 11.7 Å². The van der Waals surface area contributed by atoms with E-state index in [0.717, 1.165) is 37.3 Å². The van der Waals surface area contributed by atoms with Crippen molar-refractivity contribution in [2.24, 2.45) is 5.92 Å². The Morgan fingerprint density at radius 3 is 2.73 bits per heavy atom. The Morgan fingerprint density at radius 1 is 1.35 bits per heavy atom. The molecule has 0 radical (unpaired) electrons. The third-order valence-corrected chi connectivity index (χ3v) is 4.73. The SMILES string of the molecule is COc1ccc(CN(C)C(=O)C2CCN(c3cnccn3)CC2)cc1F. The van der Waals surface area contributed by atoms with Crippen molar-refractivity contribution in [1.29, 1.82) is 0 Å². The zero-order chi connectivity index (χ0) is 18.5. The molecule has 26 heavy (non-hydrogen) atoms. The highest BCUT2D eigenvalue weighted by Gasteiger charge is 2.27. The van der Waals surface area contributed by atoms with Gasteiger partial charge >= 0.3 is 0 Å². The molecule has 0 spiro atoms. The second kappa shape index (κ2) is 8.12. The van der Waals surface area contributed by atoms with Crippen LogP contribution in [0.2, 0.25) is 0 Å². The summed E-state index contributed by atoms with van der Waals surface area (Å²) in [4.78, 5) is 24.9. The zero-order valence-electron chi connectivity index (χ0n) is 15.1. The van der Waals surface area contributed by atoms with Gasteiger partial charge in [0.1, 0.15) is 5.82 Å². The van der Waals surface area contributed by atoms with Gasteiger partial charge in [-0.05, 0) is 30.5 Å². The van der Waals surface area contributed by atoms with Gasteiger partial charge in [-0.15, -0.1) is 0 Å². The summed E-state index contributed by atoms with van der Waals surface area (Å²) in [6, 6.07) is 4.78. The minimum absolute atomic E-state index is 0.0176. The molecule has 0 bridgehead atoms. The van der Waals surface area contributed by atoms with E-state index in [1.807, 2.05) is 0 Å². The van der Waals surface area contributed by atoms with Gasteiger partial charge in [0.2, 0.25) is 5.91 Å². The number of ether oxygens (including phenoxy) is 1. The molecular weight excluding hydrogens is 335 g/mol. The molecule has 138 valence electrons. The molecule has 2 heterocycles. The van der Waals surface area contributed by atoms with Gasteiger partial charge in [0.05, 0.1) is 13.3 Å². The summed E-state index contributed by atoms with van der Waals surface area (Å²) in [6.07, 6.45) is 6.62. The first-order valence-electron chi connectivity index (χ1n) is 8.67. The van der Waals surface area contributed by atoms with Gasteiger partial charge in [-0.2, -0.15) is 0 Å². The number of hydrogen-bond acceptors (Lipinski definition) is 5. The van der Waals surface area contributed by atoms with Gasteiger partial charge in [0.15, 0.2) is 11.6 Å². The quantitative estimate of drug-likeness (QED) is 0.822. The molecule has 0 N–H and O–H groups in total. The fraction of sp³-hybridized carbons (Fsp3) is 0.421. The molecule has 1 saturated heterocycles. The van der Waals surface area contributed by atoms with Crippen LogP contribution in [0.15, 0.2) is 36.8 Å². The molecule has 0 saturated carbocycles. The van der Waals surface area contributed by atoms with Crippen LogP contribution in [-0.2, 0) is 11.3 Å². The van der Waals surface area contributed by atoms with E-state index >= 15 is 0 Å². The van der Waals surface area contributed by atoms with Crippen LogP contribution in [0.25, 0.3) is 0 Å². The van der Waals surface area contributed by atoms with Crippen LogP contribution in [-0.4, -0.2) is 48.0 Å². The molecule has 7 heteroatoms. The summed E-state index contributed by atoms with van der Waals surface area (Å²) in [6.45, 7) is 1.93. The van der Waals surface area contributed by atoms with Gasteiger partial charge in [-0.3, -0.25) is 9.78 Å². The summed E-state index contributed by atoms with van der Waals surface area (Å²) < 4.78 is 18.7. The zero-order valence-corrected chi connectivity index (χ0v) is 15.1. The van der Waals surface area contributed by atoms with Crippen molar-refractivity contribution in [1.82, 2.24) is 14.9 Å². The van der Waals surface area contributed by atoms with Gasteiger partial charge in [-0.25, -0.2) is 9.37 Å². The Morgan fingerprint density at radius 2 is 2.12 bits per heavy atom. The molecule has 0 atom stereocenters. The molecule has 1 aliphatic rings. The predicted octanol–water partition coefficient (Wildman–Crippen LogP) is 2.50. The summed E-state index contributed by atoms with van der Waals surface area (Å²) in [5, 5.41) is 0. The molecule has 1 fully saturated rings. The van der Waals surface area contributed by atoms with E-state index in [9.17, 15) is 9.18 Å². The minimum atomic E-state index is -0.414. The van der Waals surface area contributed by atoms with Crippen LogP contribution in [0.5, 0.6) is 5.75 Å². The number of nitrogens with zero attached hydrogens (tertiary/aromatic N) is 4. The number of carbonyl (C=O) groups excluding carboxylic acids is 1. The van der Waals surface area contributed by atoms with Crippen molar-refractivity contribution in [3.63, 3.8) is 0 Å². The van der Waals surface area contributed by atoms with E-state index in [2.05, 4.69) is 14.9 Å². The molecular formula is C19H23FN4O2. The lowest BCUT2D eigenvalue weighted by Gasteiger charge is -2.33. The van der Waals surface area contributed by atoms with E-state index in [1.54, 1.807) is 42.7 Å². The second-order valence-electron chi connectivity index (χ2n) is 6.49. The van der Waals surface area contributed by atoms with Crippen LogP contribution < -0.4 is 9.64 Å². The average Bonchev–Trinajstić information content (AvgIpc) is 2.68. The Bertz CT molecular complexity index is 748. The molecule has 6 nitrogen and oxygen atoms in total. The normalized spacial score (nSPS) is 15.0. The fourth-order valence-corrected chi connectivity index (χ4v) is 3.28. The molecule has 0 unspecified atom stereocenters. The van der Waals surface area contributed by atoms with Crippen molar-refractivity contribution in [2.75, 3.05) is 32.1 Å². The van der Waals surface area contributed by atoms with Crippen molar-refractivity contribution in [2.45, 2.75) is 19.4 Å². The van der Waals surface area contributed by atoms with Crippen molar-refractivity contribution in [3.05, 3.63) is 48.2 Å². The Labute approximate surface area is 152 Å². The van der Waals surface area contributed by atoms with E-state index in [4.69, 9.17) is 4.74 Å². The Hall–Kier alpha value is -2.70. The molecule has 2 aromatic rings. The standard InChI is InChI=1S/C19H23FN4O2/c1-23(13-14-3-4-17(26-2)16(20)11-14)19(25)15-5-9-24(10-6-15)18-12-21-7-8-22-18/h3-4,7-8,11-12,15H,5-6,9-10,13H2,1-2H3. The number of hydrogen-bond donors (Lipinski definition) is 0. The average molecular weight is 358 g/mol. The molecule has 1 aromatic heterocycles. The van der Waals surface area contributed by atoms with Crippen LogP contribution in [0.4, 0.5) is 10.2 Å². The number of anilines is 1. The van der Waals surface area contributed by atoms with Gasteiger partial charge < -0.3 is 14.5 Å². The smallest absolute Gasteiger partial charge is 0.225 e. The molecule has 0 aliphatic carbocycles. The van der Waals surface area contributed by atoms with Crippen LogP contribution in [0.1, 0.15) is 18.4 Å². The number of methoxy groups -OCH3 is 1. The number of rotatable bonds is 5. The highest BCUT2D eigenvalue weighted by Crippen LogP contribution is 2.24. The van der Waals surface area contributed by atoms with Gasteiger partial charge in [0, 0.05) is 45.0 Å². The second-order valence-corrected chi connectivity index (χ2v) is 6.49. The maximum Gasteiger partial charge on any atom is 0.225 e. The Kier molecular flexibility index (Phi) is 5.65. The summed E-state index contributed by atoms with van der Waals surface area (Å²) >= 11 is 0. The summed E-state index contributed by atoms with van der Waals surface area (Å²) in [5.74, 6) is 0.721. The molecule has 1 amide bonds. The number of piperidine rings is 1. The molecule has 1 aromatic carbocycles. The largest absolute Gasteiger partial charge is 0.494 e. The Balaban J connectivity index is 1.55. The van der Waals surface area contributed by atoms with Crippen molar-refractivity contribution in [3.8, 4) is 5.75 Å². The van der Waals surface area contributed by atoms with Crippen LogP contribution in [0.3, 0.4) is 0 Å². The number of aromatic nitrogens is 2. The molecule has 1 aliphatic heterocycles. The highest BCUT2D eigenvalue weighted by atomic mass is 19.1. The van der Waals surface area contributed by atoms with Gasteiger partial charge in [-0.1, -0.05) is 6.07 Å². The number of carbonyl (C=O) groups is 1. The van der Waals surface area contributed by atoms with Crippen molar-refractivity contribution < 1.29 is 13.9 Å². The first kappa shape index (κ1) is 18.1. The topological polar surface area (TPSA) is 58.6 Å². The third-order valence-electron chi connectivity index (χ3n) is 4.73. The first-order chi connectivity index (χ1) is 12.6. The van der Waals surface area contributed by atoms with E-state index in [0.29, 0.717) is 6.54 Å². The highest BCUT2D eigenvalue weighted by molar-refractivity contribution is 5.79. The number of amides is 1. The maximum absolute atomic E-state index is 13.8. The predicted molar refractivity (Wildman–Crippen MR) is 96.4 cm³/mol. The minimum Gasteiger partial charge on any atom is -0.494 e. The monoisotopic (exact) mass is 358 g/mol. The lowest BCUT2D eigenvalue weighted by molar-refractivity contribution is -0.135. The fourth-order valence-electron chi connectivity index (χ4n) is 3.28. The summed E-state index contributed by atoms with van der Waals surface area (Å²) in [5.41, 5.74) is 0.746. The number of benzene rings is 1. The number of halogens is 1. The van der Waals surface area contributed by atoms with E-state index < -0.39 is 5.82 Å². The third kappa shape index (κ3) is 4.09. The van der Waals surface area contributed by atoms with E-state index in [-0.39, 0.29) is 17.6 Å². The molecule has 3 rings (SSSR count). The van der Waals surface area contributed by atoms with Crippen molar-refractivity contribution >= 4 is 11.7 Å². The summed E-state index contributed by atoms with van der Waals surface area (Å²) in [7, 11) is 3.20. The van der Waals surface area contributed by atoms with E-state index in [1.165, 1.54) is 13.2 Å². The maximum atomic E-state index is 13.8. The lowest BCUT2D eigenvalue weighted by Crippen LogP contribution is -2.41. The first-order valence-corrected chi connectivity index (χ1v) is 8.67. The lowest BCUT2D eigenvalue weighted by atomic mass is 9.95. The van der Waals surface area contributed by atoms with Crippen LogP contribution >= 0.6 is 0 Å². The van der Waals surface area contributed by atoms with Gasteiger partial charge in [0.25, 0.3) is 0 Å².